The first kappa shape index (κ1) is 20.4. The minimum Gasteiger partial charge on any atom is -0.478 e. The van der Waals surface area contributed by atoms with E-state index in [1.807, 2.05) is 0 Å². The highest BCUT2D eigenvalue weighted by Gasteiger charge is 2.25. The molecule has 0 bridgehead atoms. The van der Waals surface area contributed by atoms with Gasteiger partial charge in [-0.3, -0.25) is 10.1 Å². The van der Waals surface area contributed by atoms with Crippen molar-refractivity contribution in [3.05, 3.63) is 39.4 Å². The summed E-state index contributed by atoms with van der Waals surface area (Å²) in [5.41, 5.74) is -1.08. The lowest BCUT2D eigenvalue weighted by Crippen LogP contribution is -2.38. The monoisotopic (exact) mass is 354 g/mol. The van der Waals surface area contributed by atoms with Crippen LogP contribution in [0.25, 0.3) is 0 Å². The summed E-state index contributed by atoms with van der Waals surface area (Å²) < 4.78 is 10.3. The first-order chi connectivity index (χ1) is 11.5. The summed E-state index contributed by atoms with van der Waals surface area (Å²) in [6.45, 7) is 5.43. The van der Waals surface area contributed by atoms with Gasteiger partial charge in [0.1, 0.15) is 5.60 Å². The number of benzene rings is 1. The fraction of sp³-hybridized carbons (Fsp3) is 0.500. The van der Waals surface area contributed by atoms with Crippen molar-refractivity contribution in [3.63, 3.8) is 0 Å². The first-order valence-electron chi connectivity index (χ1n) is 7.52. The maximum absolute atomic E-state index is 12.3. The number of amides is 1. The topological polar surface area (TPSA) is 119 Å². The number of methoxy groups -OCH3 is 1. The highest BCUT2D eigenvalue weighted by atomic mass is 16.6. The fourth-order valence-electron chi connectivity index (χ4n) is 1.97. The van der Waals surface area contributed by atoms with Gasteiger partial charge in [-0.2, -0.15) is 0 Å². The van der Waals surface area contributed by atoms with E-state index in [-0.39, 0.29) is 36.5 Å². The van der Waals surface area contributed by atoms with E-state index in [1.165, 1.54) is 24.1 Å². The first-order valence-corrected chi connectivity index (χ1v) is 7.52. The Kier molecular flexibility index (Phi) is 6.86. The number of carbonyl (C=O) groups excluding carboxylic acids is 1. The zero-order chi connectivity index (χ0) is 19.2. The van der Waals surface area contributed by atoms with Crippen LogP contribution in [0.3, 0.4) is 0 Å². The van der Waals surface area contributed by atoms with Gasteiger partial charge in [0.05, 0.1) is 23.6 Å². The van der Waals surface area contributed by atoms with Gasteiger partial charge < -0.3 is 19.5 Å². The number of hydrogen-bond acceptors (Lipinski definition) is 6. The van der Waals surface area contributed by atoms with Crippen LogP contribution in [0, 0.1) is 10.1 Å². The van der Waals surface area contributed by atoms with Crippen molar-refractivity contribution in [2.45, 2.75) is 32.9 Å². The van der Waals surface area contributed by atoms with E-state index in [0.717, 1.165) is 6.07 Å². The lowest BCUT2D eigenvalue weighted by atomic mass is 10.1. The number of carboxylic acids is 1. The number of rotatable bonds is 7. The second-order valence-corrected chi connectivity index (χ2v) is 6.30. The Morgan fingerprint density at radius 2 is 1.96 bits per heavy atom. The van der Waals surface area contributed by atoms with Gasteiger partial charge in [-0.1, -0.05) is 0 Å². The maximum Gasteiger partial charge on any atom is 0.410 e. The van der Waals surface area contributed by atoms with E-state index in [9.17, 15) is 19.7 Å². The molecule has 9 nitrogen and oxygen atoms in total. The number of carboxylic acid groups (broad SMARTS) is 1. The molecule has 0 aliphatic heterocycles. The average Bonchev–Trinajstić information content (AvgIpc) is 2.49. The maximum atomic E-state index is 12.3. The second-order valence-electron chi connectivity index (χ2n) is 6.30. The molecular formula is C16H22N2O7. The summed E-state index contributed by atoms with van der Waals surface area (Å²) in [7, 11) is 1.47. The van der Waals surface area contributed by atoms with Crippen molar-refractivity contribution in [3.8, 4) is 0 Å². The number of aromatic carboxylic acids is 1. The number of ether oxygens (including phenoxy) is 2. The van der Waals surface area contributed by atoms with Crippen molar-refractivity contribution >= 4 is 17.7 Å². The van der Waals surface area contributed by atoms with Gasteiger partial charge in [-0.25, -0.2) is 9.59 Å². The molecule has 1 aromatic carbocycles. The van der Waals surface area contributed by atoms with Crippen LogP contribution in [0.5, 0.6) is 0 Å². The molecule has 0 atom stereocenters. The SMILES string of the molecule is COCCN(Cc1ccc(C(=O)O)cc1[N+](=O)[O-])C(=O)OC(C)(C)C. The van der Waals surface area contributed by atoms with Crippen molar-refractivity contribution in [2.24, 2.45) is 0 Å². The van der Waals surface area contributed by atoms with Gasteiger partial charge in [0.15, 0.2) is 0 Å². The summed E-state index contributed by atoms with van der Waals surface area (Å²) in [4.78, 5) is 35.1. The Labute approximate surface area is 145 Å². The molecular weight excluding hydrogens is 332 g/mol. The molecule has 0 aliphatic rings. The summed E-state index contributed by atoms with van der Waals surface area (Å²) in [5.74, 6) is -1.27. The largest absolute Gasteiger partial charge is 0.478 e. The van der Waals surface area contributed by atoms with Crippen LogP contribution in [0.15, 0.2) is 18.2 Å². The number of carbonyl (C=O) groups is 2. The number of nitrogens with zero attached hydrogens (tertiary/aromatic N) is 2. The van der Waals surface area contributed by atoms with E-state index in [2.05, 4.69) is 0 Å². The van der Waals surface area contributed by atoms with Crippen LogP contribution in [-0.4, -0.2) is 52.9 Å². The van der Waals surface area contributed by atoms with Gasteiger partial charge >= 0.3 is 12.1 Å². The highest BCUT2D eigenvalue weighted by molar-refractivity contribution is 5.88. The molecule has 9 heteroatoms. The second kappa shape index (κ2) is 8.43. The molecule has 0 spiro atoms. The third-order valence-corrected chi connectivity index (χ3v) is 3.11. The summed E-state index contributed by atoms with van der Waals surface area (Å²) in [5, 5.41) is 20.2. The van der Waals surface area contributed by atoms with Crippen LogP contribution in [0.4, 0.5) is 10.5 Å². The molecule has 1 amide bonds. The molecule has 1 rings (SSSR count). The molecule has 0 aliphatic carbocycles. The molecule has 0 saturated carbocycles. The third kappa shape index (κ3) is 6.38. The number of nitro groups is 1. The van der Waals surface area contributed by atoms with Crippen LogP contribution in [0.2, 0.25) is 0 Å². The van der Waals surface area contributed by atoms with Gasteiger partial charge in [0, 0.05) is 25.3 Å². The normalized spacial score (nSPS) is 11.0. The van der Waals surface area contributed by atoms with E-state index >= 15 is 0 Å². The Morgan fingerprint density at radius 1 is 1.32 bits per heavy atom. The standard InChI is InChI=1S/C16H22N2O7/c1-16(2,3)25-15(21)17(7-8-24-4)10-12-6-5-11(14(19)20)9-13(12)18(22)23/h5-6,9H,7-8,10H2,1-4H3,(H,19,20). The summed E-state index contributed by atoms with van der Waals surface area (Å²) in [6, 6.07) is 3.56. The van der Waals surface area contributed by atoms with E-state index in [4.69, 9.17) is 14.6 Å². The van der Waals surface area contributed by atoms with Crippen LogP contribution in [0.1, 0.15) is 36.7 Å². The lowest BCUT2D eigenvalue weighted by Gasteiger charge is -2.27. The predicted octanol–water partition coefficient (Wildman–Crippen LogP) is 2.68. The molecule has 1 N–H and O–H groups in total. The molecule has 0 radical (unpaired) electrons. The highest BCUT2D eigenvalue weighted by Crippen LogP contribution is 2.23. The van der Waals surface area contributed by atoms with Crippen molar-refractivity contribution in [1.29, 1.82) is 0 Å². The molecule has 138 valence electrons. The minimum atomic E-state index is -1.27. The molecule has 0 aromatic heterocycles. The Balaban J connectivity index is 3.12. The zero-order valence-corrected chi connectivity index (χ0v) is 14.6. The van der Waals surface area contributed by atoms with E-state index < -0.39 is 22.6 Å². The van der Waals surface area contributed by atoms with Crippen LogP contribution < -0.4 is 0 Å². The van der Waals surface area contributed by atoms with Gasteiger partial charge in [0.25, 0.3) is 5.69 Å². The third-order valence-electron chi connectivity index (χ3n) is 3.11. The van der Waals surface area contributed by atoms with Crippen molar-refractivity contribution in [1.82, 2.24) is 4.90 Å². The van der Waals surface area contributed by atoms with Crippen molar-refractivity contribution < 1.29 is 29.1 Å². The van der Waals surface area contributed by atoms with E-state index in [1.54, 1.807) is 20.8 Å². The Morgan fingerprint density at radius 3 is 2.44 bits per heavy atom. The molecule has 0 fully saturated rings. The van der Waals surface area contributed by atoms with Gasteiger partial charge in [-0.05, 0) is 32.9 Å². The van der Waals surface area contributed by atoms with Gasteiger partial charge in [-0.15, -0.1) is 0 Å². The summed E-state index contributed by atoms with van der Waals surface area (Å²) >= 11 is 0. The molecule has 0 saturated heterocycles. The van der Waals surface area contributed by atoms with E-state index in [0.29, 0.717) is 0 Å². The molecule has 25 heavy (non-hydrogen) atoms. The molecule has 1 aromatic rings. The predicted molar refractivity (Wildman–Crippen MR) is 88.6 cm³/mol. The van der Waals surface area contributed by atoms with Crippen LogP contribution in [-0.2, 0) is 16.0 Å². The molecule has 0 heterocycles. The quantitative estimate of drug-likeness (QED) is 0.590. The lowest BCUT2D eigenvalue weighted by molar-refractivity contribution is -0.385. The Hall–Kier alpha value is -2.68. The van der Waals surface area contributed by atoms with Gasteiger partial charge in [0.2, 0.25) is 0 Å². The summed E-state index contributed by atoms with van der Waals surface area (Å²) in [6.07, 6.45) is -0.638. The van der Waals surface area contributed by atoms with Crippen molar-refractivity contribution in [2.75, 3.05) is 20.3 Å². The van der Waals surface area contributed by atoms with Crippen LogP contribution >= 0.6 is 0 Å². The minimum absolute atomic E-state index is 0.103. The fourth-order valence-corrected chi connectivity index (χ4v) is 1.97. The Bertz CT molecular complexity index is 652. The average molecular weight is 354 g/mol. The smallest absolute Gasteiger partial charge is 0.410 e. The number of nitro benzene ring substituents is 1. The molecule has 0 unspecified atom stereocenters. The zero-order valence-electron chi connectivity index (χ0n) is 14.6. The number of hydrogen-bond donors (Lipinski definition) is 1.